The molecule has 9 nitrogen and oxygen atoms in total. The molecule has 6 atom stereocenters. The molecule has 3 aliphatic rings. The highest BCUT2D eigenvalue weighted by molar-refractivity contribution is 6.20. The average Bonchev–Trinajstić information content (AvgIpc) is 2.99. The molecule has 3 saturated heterocycles. The molecule has 0 aromatic carbocycles. The molecule has 3 fully saturated rings. The Morgan fingerprint density at radius 3 is 2.75 bits per heavy atom. The van der Waals surface area contributed by atoms with Gasteiger partial charge in [-0.2, -0.15) is 0 Å². The molecule has 0 saturated carbocycles. The third kappa shape index (κ3) is 8.51. The van der Waals surface area contributed by atoms with E-state index in [1.54, 1.807) is 7.11 Å². The van der Waals surface area contributed by atoms with Crippen molar-refractivity contribution in [1.82, 2.24) is 20.2 Å². The lowest BCUT2D eigenvalue weighted by Gasteiger charge is -2.38. The number of nitrogens with zero attached hydrogens (tertiary/aromatic N) is 3. The molecule has 4 unspecified atom stereocenters. The van der Waals surface area contributed by atoms with Crippen LogP contribution >= 0.6 is 11.6 Å². The van der Waals surface area contributed by atoms with Gasteiger partial charge in [-0.25, -0.2) is 9.97 Å². The number of carbonyl (C=O) groups excluding carboxylic acids is 1. The number of alkyl halides is 1. The van der Waals surface area contributed by atoms with Crippen LogP contribution in [0.3, 0.4) is 0 Å². The molecule has 2 N–H and O–H groups in total. The van der Waals surface area contributed by atoms with E-state index in [1.165, 1.54) is 6.33 Å². The van der Waals surface area contributed by atoms with Crippen molar-refractivity contribution in [3.05, 3.63) is 17.6 Å². The van der Waals surface area contributed by atoms with E-state index in [9.17, 15) is 4.79 Å². The van der Waals surface area contributed by atoms with Crippen molar-refractivity contribution in [2.75, 3.05) is 45.3 Å². The molecule has 10 heteroatoms. The molecule has 0 spiro atoms. The van der Waals surface area contributed by atoms with Crippen LogP contribution in [-0.4, -0.2) is 96.5 Å². The maximum atomic E-state index is 13.4. The first-order valence-corrected chi connectivity index (χ1v) is 15.8. The van der Waals surface area contributed by atoms with Gasteiger partial charge in [-0.05, 0) is 70.6 Å². The molecule has 3 aliphatic heterocycles. The minimum absolute atomic E-state index is 0.0188. The minimum atomic E-state index is -0.0188. The van der Waals surface area contributed by atoms with Gasteiger partial charge in [0.25, 0.3) is 5.91 Å². The van der Waals surface area contributed by atoms with Crippen LogP contribution in [0.5, 0.6) is 0 Å². The van der Waals surface area contributed by atoms with Gasteiger partial charge in [0, 0.05) is 56.4 Å². The van der Waals surface area contributed by atoms with Crippen molar-refractivity contribution in [1.29, 1.82) is 0 Å². The number of carbonyl (C=O) groups is 1. The van der Waals surface area contributed by atoms with E-state index in [1.807, 2.05) is 11.8 Å². The van der Waals surface area contributed by atoms with Gasteiger partial charge in [0.1, 0.15) is 17.8 Å². The van der Waals surface area contributed by atoms with E-state index in [0.717, 1.165) is 70.0 Å². The van der Waals surface area contributed by atoms with Crippen molar-refractivity contribution in [3.63, 3.8) is 0 Å². The number of methoxy groups -OCH3 is 1. The maximum absolute atomic E-state index is 13.4. The molecular weight excluding hydrogens is 530 g/mol. The number of nitrogens with one attached hydrogen (secondary N) is 2. The fourth-order valence-electron chi connectivity index (χ4n) is 6.22. The van der Waals surface area contributed by atoms with Crippen molar-refractivity contribution < 1.29 is 19.0 Å². The second-order valence-electron chi connectivity index (χ2n) is 11.8. The van der Waals surface area contributed by atoms with E-state index in [0.29, 0.717) is 55.8 Å². The number of aromatic nitrogens is 2. The molecule has 4 rings (SSSR count). The first-order valence-electron chi connectivity index (χ1n) is 15.4. The Balaban J connectivity index is 1.26. The van der Waals surface area contributed by atoms with Crippen LogP contribution in [0.15, 0.2) is 6.33 Å². The summed E-state index contributed by atoms with van der Waals surface area (Å²) < 4.78 is 17.6. The van der Waals surface area contributed by atoms with Crippen molar-refractivity contribution in [2.24, 2.45) is 5.92 Å². The van der Waals surface area contributed by atoms with Gasteiger partial charge in [-0.3, -0.25) is 4.79 Å². The van der Waals surface area contributed by atoms with Crippen LogP contribution in [0, 0.1) is 12.8 Å². The lowest BCUT2D eigenvalue weighted by molar-refractivity contribution is -0.0692. The third-order valence-electron chi connectivity index (χ3n) is 9.02. The van der Waals surface area contributed by atoms with Crippen LogP contribution in [0.2, 0.25) is 0 Å². The van der Waals surface area contributed by atoms with E-state index in [-0.39, 0.29) is 29.6 Å². The SMILES string of the molecule is CCC(Cl)CCC(C)C1CCC[C@@H](CNc2ncnc(C(=O)N3CCC(N[C@@H]4CCOCC4OC)CC3)c2C)O1. The van der Waals surface area contributed by atoms with Crippen molar-refractivity contribution >= 4 is 23.3 Å². The van der Waals surface area contributed by atoms with Gasteiger partial charge in [-0.15, -0.1) is 11.6 Å². The van der Waals surface area contributed by atoms with Gasteiger partial charge in [0.15, 0.2) is 0 Å². The largest absolute Gasteiger partial charge is 0.379 e. The summed E-state index contributed by atoms with van der Waals surface area (Å²) in [5, 5.41) is 7.47. The topological polar surface area (TPSA) is 97.8 Å². The van der Waals surface area contributed by atoms with Crippen molar-refractivity contribution in [3.8, 4) is 0 Å². The van der Waals surface area contributed by atoms with Gasteiger partial charge >= 0.3 is 0 Å². The van der Waals surface area contributed by atoms with Gasteiger partial charge < -0.3 is 29.7 Å². The fraction of sp³-hybridized carbons (Fsp3) is 0.833. The number of rotatable bonds is 12. The third-order valence-corrected chi connectivity index (χ3v) is 9.54. The number of ether oxygens (including phenoxy) is 3. The molecule has 4 heterocycles. The number of amides is 1. The highest BCUT2D eigenvalue weighted by Gasteiger charge is 2.32. The molecule has 0 bridgehead atoms. The average molecular weight is 580 g/mol. The predicted molar refractivity (Wildman–Crippen MR) is 158 cm³/mol. The van der Waals surface area contributed by atoms with E-state index >= 15 is 0 Å². The Hall–Kier alpha value is -1.52. The minimum Gasteiger partial charge on any atom is -0.379 e. The van der Waals surface area contributed by atoms with Crippen molar-refractivity contribution in [2.45, 2.75) is 114 Å². The zero-order valence-corrected chi connectivity index (χ0v) is 25.6. The van der Waals surface area contributed by atoms with E-state index in [4.69, 9.17) is 25.8 Å². The summed E-state index contributed by atoms with van der Waals surface area (Å²) in [6.45, 7) is 9.85. The van der Waals surface area contributed by atoms with E-state index in [2.05, 4.69) is 34.4 Å². The number of likely N-dealkylation sites (tertiary alicyclic amines) is 1. The summed E-state index contributed by atoms with van der Waals surface area (Å²) in [6.07, 6.45) is 11.2. The standard InChI is InChI=1S/C30H50ClN5O4/c1-5-22(31)10-9-20(2)26-8-6-7-24(40-26)17-32-29-21(3)28(33-19-34-29)30(37)36-14-11-23(12-15-36)35-25-13-16-39-18-27(25)38-4/h19-20,22-27,35H,5-18H2,1-4H3,(H,32,33,34)/t20?,22?,24-,25+,26?,27?/m0/s1. The Morgan fingerprint density at radius 2 is 2.00 bits per heavy atom. The molecule has 1 amide bonds. The van der Waals surface area contributed by atoms with Crippen LogP contribution in [0.25, 0.3) is 0 Å². The lowest BCUT2D eigenvalue weighted by atomic mass is 9.91. The summed E-state index contributed by atoms with van der Waals surface area (Å²) in [7, 11) is 1.74. The van der Waals surface area contributed by atoms with Crippen LogP contribution in [0.4, 0.5) is 5.82 Å². The van der Waals surface area contributed by atoms with Crippen LogP contribution in [0.1, 0.15) is 87.7 Å². The number of hydrogen-bond acceptors (Lipinski definition) is 8. The van der Waals surface area contributed by atoms with E-state index < -0.39 is 0 Å². The second-order valence-corrected chi connectivity index (χ2v) is 12.5. The quantitative estimate of drug-likeness (QED) is 0.348. The lowest BCUT2D eigenvalue weighted by Crippen LogP contribution is -2.54. The van der Waals surface area contributed by atoms with Gasteiger partial charge in [-0.1, -0.05) is 13.8 Å². The number of piperidine rings is 1. The molecule has 1 aromatic rings. The normalized spacial score (nSPS) is 27.8. The summed E-state index contributed by atoms with van der Waals surface area (Å²) in [5.41, 5.74) is 1.28. The van der Waals surface area contributed by atoms with Gasteiger partial charge in [0.2, 0.25) is 0 Å². The maximum Gasteiger partial charge on any atom is 0.272 e. The fourth-order valence-corrected chi connectivity index (χ4v) is 6.35. The second kappa shape index (κ2) is 15.6. The molecular formula is C30H50ClN5O4. The van der Waals surface area contributed by atoms with Crippen LogP contribution < -0.4 is 10.6 Å². The highest BCUT2D eigenvalue weighted by Crippen LogP contribution is 2.29. The molecule has 0 aliphatic carbocycles. The Morgan fingerprint density at radius 1 is 1.20 bits per heavy atom. The summed E-state index contributed by atoms with van der Waals surface area (Å²) in [5.74, 6) is 1.19. The Bertz CT molecular complexity index is 931. The molecule has 40 heavy (non-hydrogen) atoms. The predicted octanol–water partition coefficient (Wildman–Crippen LogP) is 4.57. The number of halogens is 1. The van der Waals surface area contributed by atoms with Crippen LogP contribution in [-0.2, 0) is 14.2 Å². The monoisotopic (exact) mass is 579 g/mol. The highest BCUT2D eigenvalue weighted by atomic mass is 35.5. The summed E-state index contributed by atoms with van der Waals surface area (Å²) in [6, 6.07) is 0.674. The zero-order valence-electron chi connectivity index (χ0n) is 24.9. The summed E-state index contributed by atoms with van der Waals surface area (Å²) >= 11 is 6.35. The first kappa shape index (κ1) is 31.4. The number of hydrogen-bond donors (Lipinski definition) is 2. The smallest absolute Gasteiger partial charge is 0.272 e. The van der Waals surface area contributed by atoms with Gasteiger partial charge in [0.05, 0.1) is 24.9 Å². The molecule has 0 radical (unpaired) electrons. The molecule has 226 valence electrons. The Labute approximate surface area is 245 Å². The zero-order chi connectivity index (χ0) is 28.5. The summed E-state index contributed by atoms with van der Waals surface area (Å²) in [4.78, 5) is 24.2. The Kier molecular flexibility index (Phi) is 12.3. The first-order chi connectivity index (χ1) is 19.4. The molecule has 1 aromatic heterocycles. The number of anilines is 1.